The van der Waals surface area contributed by atoms with E-state index in [4.69, 9.17) is 9.47 Å². The molecule has 0 aliphatic carbocycles. The Labute approximate surface area is 147 Å². The lowest BCUT2D eigenvalue weighted by atomic mass is 10.1. The quantitative estimate of drug-likeness (QED) is 0.549. The van der Waals surface area contributed by atoms with Crippen LogP contribution < -0.4 is 9.47 Å². The van der Waals surface area contributed by atoms with Crippen molar-refractivity contribution in [3.05, 3.63) is 54.1 Å². The van der Waals surface area contributed by atoms with Crippen LogP contribution in [0, 0.1) is 0 Å². The number of pyridine rings is 1. The molecule has 7 nitrogen and oxygen atoms in total. The Kier molecular flexibility index (Phi) is 4.02. The number of hydrogen-bond donors (Lipinski definition) is 0. The molecule has 126 valence electrons. The van der Waals surface area contributed by atoms with E-state index in [1.54, 1.807) is 31.1 Å². The summed E-state index contributed by atoms with van der Waals surface area (Å²) in [5.41, 5.74) is 2.01. The summed E-state index contributed by atoms with van der Waals surface area (Å²) < 4.78 is 12.4. The first-order valence-corrected chi connectivity index (χ1v) is 8.42. The number of benzene rings is 1. The molecule has 0 fully saturated rings. The van der Waals surface area contributed by atoms with E-state index in [9.17, 15) is 0 Å². The van der Waals surface area contributed by atoms with E-state index in [1.165, 1.54) is 11.3 Å². The molecule has 0 aliphatic heterocycles. The molecule has 0 aliphatic rings. The van der Waals surface area contributed by atoms with Crippen molar-refractivity contribution in [2.24, 2.45) is 0 Å². The second kappa shape index (κ2) is 6.48. The van der Waals surface area contributed by atoms with Gasteiger partial charge in [0.2, 0.25) is 4.96 Å². The van der Waals surface area contributed by atoms with Gasteiger partial charge in [-0.3, -0.25) is 4.98 Å². The van der Waals surface area contributed by atoms with E-state index >= 15 is 0 Å². The molecule has 0 saturated heterocycles. The van der Waals surface area contributed by atoms with Crippen molar-refractivity contribution >= 4 is 16.3 Å². The lowest BCUT2D eigenvalue weighted by Gasteiger charge is -2.08. The van der Waals surface area contributed by atoms with Crippen molar-refractivity contribution < 1.29 is 9.47 Å². The first kappa shape index (κ1) is 15.5. The Bertz CT molecular complexity index is 1010. The molecule has 0 radical (unpaired) electrons. The third kappa shape index (κ3) is 2.91. The highest BCUT2D eigenvalue weighted by molar-refractivity contribution is 7.19. The Morgan fingerprint density at radius 1 is 1.08 bits per heavy atom. The van der Waals surface area contributed by atoms with Crippen molar-refractivity contribution in [3.63, 3.8) is 0 Å². The molecule has 4 aromatic rings. The molecular weight excluding hydrogens is 338 g/mol. The van der Waals surface area contributed by atoms with Crippen LogP contribution in [0.2, 0.25) is 0 Å². The van der Waals surface area contributed by atoms with E-state index in [-0.39, 0.29) is 0 Å². The SMILES string of the molecule is COc1ccc(Cc2nnc3sc(-c4cccnc4)nn23)cc1OC. The molecule has 8 heteroatoms. The van der Waals surface area contributed by atoms with Crippen LogP contribution in [-0.4, -0.2) is 39.0 Å². The van der Waals surface area contributed by atoms with Gasteiger partial charge in [-0.05, 0) is 29.8 Å². The fraction of sp³-hybridized carbons (Fsp3) is 0.176. The maximum Gasteiger partial charge on any atom is 0.234 e. The third-order valence-electron chi connectivity index (χ3n) is 3.77. The number of aromatic nitrogens is 5. The Balaban J connectivity index is 1.67. The minimum Gasteiger partial charge on any atom is -0.493 e. The highest BCUT2D eigenvalue weighted by Gasteiger charge is 2.14. The first-order valence-electron chi connectivity index (χ1n) is 7.61. The average Bonchev–Trinajstić information content (AvgIpc) is 3.24. The molecule has 4 rings (SSSR count). The zero-order chi connectivity index (χ0) is 17.2. The zero-order valence-corrected chi connectivity index (χ0v) is 14.5. The Morgan fingerprint density at radius 2 is 1.96 bits per heavy atom. The van der Waals surface area contributed by atoms with Crippen LogP contribution in [-0.2, 0) is 6.42 Å². The lowest BCUT2D eigenvalue weighted by molar-refractivity contribution is 0.354. The number of rotatable bonds is 5. The topological polar surface area (TPSA) is 74.4 Å². The van der Waals surface area contributed by atoms with Crippen LogP contribution in [0.1, 0.15) is 11.4 Å². The predicted octanol–water partition coefficient (Wildman–Crippen LogP) is 2.86. The largest absolute Gasteiger partial charge is 0.493 e. The van der Waals surface area contributed by atoms with Crippen molar-refractivity contribution in [3.8, 4) is 22.1 Å². The normalized spacial score (nSPS) is 11.0. The molecule has 0 spiro atoms. The molecule has 0 atom stereocenters. The van der Waals surface area contributed by atoms with Gasteiger partial charge in [0, 0.05) is 24.4 Å². The number of hydrogen-bond acceptors (Lipinski definition) is 7. The van der Waals surface area contributed by atoms with E-state index in [1.807, 2.05) is 30.3 Å². The maximum absolute atomic E-state index is 5.36. The minimum atomic E-state index is 0.595. The van der Waals surface area contributed by atoms with Crippen LogP contribution >= 0.6 is 11.3 Å². The van der Waals surface area contributed by atoms with Crippen LogP contribution in [0.4, 0.5) is 0 Å². The summed E-state index contributed by atoms with van der Waals surface area (Å²) in [7, 11) is 3.24. The first-order chi connectivity index (χ1) is 12.3. The van der Waals surface area contributed by atoms with Gasteiger partial charge in [-0.25, -0.2) is 0 Å². The van der Waals surface area contributed by atoms with Crippen molar-refractivity contribution in [2.45, 2.75) is 6.42 Å². The summed E-state index contributed by atoms with van der Waals surface area (Å²) in [6.45, 7) is 0. The van der Waals surface area contributed by atoms with Crippen LogP contribution in [0.3, 0.4) is 0 Å². The van der Waals surface area contributed by atoms with Crippen molar-refractivity contribution in [1.29, 1.82) is 0 Å². The van der Waals surface area contributed by atoms with E-state index in [0.717, 1.165) is 26.9 Å². The number of nitrogens with zero attached hydrogens (tertiary/aromatic N) is 5. The fourth-order valence-electron chi connectivity index (χ4n) is 2.55. The molecule has 0 bridgehead atoms. The molecule has 3 heterocycles. The molecule has 0 N–H and O–H groups in total. The van der Waals surface area contributed by atoms with E-state index < -0.39 is 0 Å². The molecule has 3 aromatic heterocycles. The summed E-state index contributed by atoms with van der Waals surface area (Å²) in [5, 5.41) is 14.0. The standard InChI is InChI=1S/C17H15N5O2S/c1-23-13-6-5-11(8-14(13)24-2)9-15-19-20-17-22(15)21-16(25-17)12-4-3-7-18-10-12/h3-8,10H,9H2,1-2H3. The van der Waals surface area contributed by atoms with Gasteiger partial charge in [0.25, 0.3) is 0 Å². The van der Waals surface area contributed by atoms with Gasteiger partial charge in [0.15, 0.2) is 17.3 Å². The van der Waals surface area contributed by atoms with Gasteiger partial charge < -0.3 is 9.47 Å². The lowest BCUT2D eigenvalue weighted by Crippen LogP contribution is -1.99. The third-order valence-corrected chi connectivity index (χ3v) is 4.72. The molecular formula is C17H15N5O2S. The van der Waals surface area contributed by atoms with Crippen LogP contribution in [0.5, 0.6) is 11.5 Å². The number of ether oxygens (including phenoxy) is 2. The average molecular weight is 353 g/mol. The molecule has 0 amide bonds. The summed E-state index contributed by atoms with van der Waals surface area (Å²) in [5.74, 6) is 2.16. The monoisotopic (exact) mass is 353 g/mol. The highest BCUT2D eigenvalue weighted by atomic mass is 32.1. The zero-order valence-electron chi connectivity index (χ0n) is 13.7. The smallest absolute Gasteiger partial charge is 0.234 e. The molecule has 1 aromatic carbocycles. The Morgan fingerprint density at radius 3 is 2.72 bits per heavy atom. The second-order valence-electron chi connectivity index (χ2n) is 5.33. The minimum absolute atomic E-state index is 0.595. The molecule has 25 heavy (non-hydrogen) atoms. The Hall–Kier alpha value is -3.00. The van der Waals surface area contributed by atoms with Gasteiger partial charge in [-0.1, -0.05) is 17.4 Å². The highest BCUT2D eigenvalue weighted by Crippen LogP contribution is 2.29. The summed E-state index contributed by atoms with van der Waals surface area (Å²) >= 11 is 1.49. The summed E-state index contributed by atoms with van der Waals surface area (Å²) in [6.07, 6.45) is 4.13. The molecule has 0 unspecified atom stereocenters. The van der Waals surface area contributed by atoms with E-state index in [2.05, 4.69) is 20.3 Å². The van der Waals surface area contributed by atoms with Gasteiger partial charge in [-0.15, -0.1) is 10.2 Å². The van der Waals surface area contributed by atoms with Crippen molar-refractivity contribution in [2.75, 3.05) is 14.2 Å². The maximum atomic E-state index is 5.36. The molecule has 0 saturated carbocycles. The number of fused-ring (bicyclic) bond motifs is 1. The van der Waals surface area contributed by atoms with Gasteiger partial charge in [-0.2, -0.15) is 9.61 Å². The van der Waals surface area contributed by atoms with Gasteiger partial charge >= 0.3 is 0 Å². The van der Waals surface area contributed by atoms with E-state index in [0.29, 0.717) is 17.9 Å². The fourth-order valence-corrected chi connectivity index (χ4v) is 3.40. The van der Waals surface area contributed by atoms with Crippen molar-refractivity contribution in [1.82, 2.24) is 24.8 Å². The van der Waals surface area contributed by atoms with Gasteiger partial charge in [0.05, 0.1) is 14.2 Å². The second-order valence-corrected chi connectivity index (χ2v) is 6.28. The van der Waals surface area contributed by atoms with Gasteiger partial charge in [0.1, 0.15) is 5.01 Å². The van der Waals surface area contributed by atoms with Crippen LogP contribution in [0.25, 0.3) is 15.5 Å². The summed E-state index contributed by atoms with van der Waals surface area (Å²) in [4.78, 5) is 4.90. The summed E-state index contributed by atoms with van der Waals surface area (Å²) in [6, 6.07) is 9.68. The number of methoxy groups -OCH3 is 2. The van der Waals surface area contributed by atoms with Crippen LogP contribution in [0.15, 0.2) is 42.7 Å². The predicted molar refractivity (Wildman–Crippen MR) is 94.2 cm³/mol.